The van der Waals surface area contributed by atoms with Crippen LogP contribution in [0.2, 0.25) is 0 Å². The van der Waals surface area contributed by atoms with E-state index in [2.05, 4.69) is 31.0 Å². The Balaban J connectivity index is 1.28. The lowest BCUT2D eigenvalue weighted by atomic mass is 9.44. The molecular formula is C31H41NO6. The maximum absolute atomic E-state index is 12.5. The highest BCUT2D eigenvalue weighted by Gasteiger charge is 2.76. The molecule has 6 rings (SSSR count). The number of esters is 1. The van der Waals surface area contributed by atoms with Crippen molar-refractivity contribution >= 4 is 11.7 Å². The number of epoxide rings is 1. The Hall–Kier alpha value is -2.14. The number of rotatable bonds is 4. The summed E-state index contributed by atoms with van der Waals surface area (Å²) in [6.45, 7) is 10.3. The zero-order valence-electron chi connectivity index (χ0n) is 23.2. The first-order valence-electron chi connectivity index (χ1n) is 14.2. The summed E-state index contributed by atoms with van der Waals surface area (Å²) in [5, 5.41) is 28.3. The standard InChI is InChI=1S/C31H41NO6/c1-7-14-36-32-19-10-13-29(5)21-11-12-28(4)20(24(21)25-26(38-25)31(29,35)16-19)8-9-22(28)30(6,34)23-15-17(2)18(3)27(33)37-23/h1,10,13,20-26,34-35H,8-9,11-12,14-16H2,2-6H3/b32-19-/t20-,21-,22-,23+,24-,25-,26-,28-,29+,30+,31-/m0/s1. The van der Waals surface area contributed by atoms with Crippen molar-refractivity contribution in [1.82, 2.24) is 0 Å². The minimum atomic E-state index is -1.12. The summed E-state index contributed by atoms with van der Waals surface area (Å²) in [6.07, 6.45) is 13.4. The average Bonchev–Trinajstić information content (AvgIpc) is 3.59. The van der Waals surface area contributed by atoms with Gasteiger partial charge >= 0.3 is 5.97 Å². The molecule has 6 aliphatic rings. The number of ether oxygens (including phenoxy) is 2. The molecule has 206 valence electrons. The molecule has 2 N–H and O–H groups in total. The number of carbonyl (C=O) groups is 1. The van der Waals surface area contributed by atoms with Crippen LogP contribution < -0.4 is 0 Å². The van der Waals surface area contributed by atoms with E-state index in [1.165, 1.54) is 0 Å². The number of aliphatic hydroxyl groups is 2. The van der Waals surface area contributed by atoms with Gasteiger partial charge in [0, 0.05) is 23.8 Å². The molecule has 3 saturated carbocycles. The number of fused-ring (bicyclic) bond motifs is 8. The van der Waals surface area contributed by atoms with E-state index in [1.807, 2.05) is 19.9 Å². The summed E-state index contributed by atoms with van der Waals surface area (Å²) < 4.78 is 12.1. The third-order valence-electron chi connectivity index (χ3n) is 11.9. The van der Waals surface area contributed by atoms with Crippen LogP contribution in [-0.2, 0) is 19.1 Å². The fraction of sp³-hybridized carbons (Fsp3) is 0.742. The van der Waals surface area contributed by atoms with Crippen molar-refractivity contribution in [2.45, 2.75) is 103 Å². The van der Waals surface area contributed by atoms with Crippen LogP contribution in [0, 0.1) is 46.8 Å². The van der Waals surface area contributed by atoms with E-state index in [0.29, 0.717) is 36.0 Å². The van der Waals surface area contributed by atoms with Crippen molar-refractivity contribution in [1.29, 1.82) is 0 Å². The van der Waals surface area contributed by atoms with Gasteiger partial charge in [-0.25, -0.2) is 4.79 Å². The van der Waals surface area contributed by atoms with Gasteiger partial charge in [-0.15, -0.1) is 6.42 Å². The molecule has 0 aromatic rings. The molecule has 7 heteroatoms. The molecule has 0 aromatic heterocycles. The van der Waals surface area contributed by atoms with E-state index in [-0.39, 0.29) is 42.0 Å². The number of hydrogen-bond donors (Lipinski definition) is 2. The molecule has 0 unspecified atom stereocenters. The monoisotopic (exact) mass is 523 g/mol. The molecule has 2 aliphatic heterocycles. The van der Waals surface area contributed by atoms with Crippen LogP contribution in [0.25, 0.3) is 0 Å². The number of nitrogens with zero attached hydrogens (tertiary/aromatic N) is 1. The van der Waals surface area contributed by atoms with Crippen molar-refractivity contribution in [3.63, 3.8) is 0 Å². The summed E-state index contributed by atoms with van der Waals surface area (Å²) >= 11 is 0. The van der Waals surface area contributed by atoms with Gasteiger partial charge in [0.25, 0.3) is 0 Å². The minimum absolute atomic E-state index is 0.00566. The second-order valence-electron chi connectivity index (χ2n) is 13.5. The van der Waals surface area contributed by atoms with Gasteiger partial charge in [-0.05, 0) is 81.6 Å². The highest BCUT2D eigenvalue weighted by molar-refractivity contribution is 5.96. The van der Waals surface area contributed by atoms with Gasteiger partial charge in [0.15, 0.2) is 6.61 Å². The minimum Gasteiger partial charge on any atom is -0.456 e. The lowest BCUT2D eigenvalue weighted by Gasteiger charge is -2.60. The lowest BCUT2D eigenvalue weighted by Crippen LogP contribution is -2.65. The van der Waals surface area contributed by atoms with Gasteiger partial charge in [0.2, 0.25) is 0 Å². The maximum atomic E-state index is 12.5. The number of terminal acetylenes is 1. The predicted octanol–water partition coefficient (Wildman–Crippen LogP) is 3.93. The molecule has 0 aromatic carbocycles. The van der Waals surface area contributed by atoms with E-state index in [0.717, 1.165) is 31.3 Å². The summed E-state index contributed by atoms with van der Waals surface area (Å²) in [4.78, 5) is 17.7. The van der Waals surface area contributed by atoms with Crippen molar-refractivity contribution in [3.05, 3.63) is 23.3 Å². The Labute approximate surface area is 225 Å². The fourth-order valence-corrected chi connectivity index (χ4v) is 9.53. The Bertz CT molecular complexity index is 1180. The molecular weight excluding hydrogens is 482 g/mol. The Kier molecular flexibility index (Phi) is 5.79. The quantitative estimate of drug-likeness (QED) is 0.190. The van der Waals surface area contributed by atoms with Crippen LogP contribution in [-0.4, -0.2) is 58.0 Å². The van der Waals surface area contributed by atoms with Crippen molar-refractivity contribution in [2.75, 3.05) is 6.61 Å². The third kappa shape index (κ3) is 3.39. The normalized spacial score (nSPS) is 49.7. The first-order chi connectivity index (χ1) is 17.9. The van der Waals surface area contributed by atoms with Crippen molar-refractivity contribution in [3.8, 4) is 12.3 Å². The first-order valence-corrected chi connectivity index (χ1v) is 14.2. The van der Waals surface area contributed by atoms with Gasteiger partial charge in [0.05, 0.1) is 11.8 Å². The Morgan fingerprint density at radius 2 is 2.03 bits per heavy atom. The summed E-state index contributed by atoms with van der Waals surface area (Å²) in [5.41, 5.74) is -0.359. The van der Waals surface area contributed by atoms with Crippen LogP contribution in [0.3, 0.4) is 0 Å². The fourth-order valence-electron chi connectivity index (χ4n) is 9.53. The molecule has 7 nitrogen and oxygen atoms in total. The molecule has 1 saturated heterocycles. The lowest BCUT2D eigenvalue weighted by molar-refractivity contribution is -0.187. The molecule has 11 atom stereocenters. The molecule has 0 amide bonds. The van der Waals surface area contributed by atoms with E-state index < -0.39 is 22.7 Å². The van der Waals surface area contributed by atoms with Gasteiger partial charge in [-0.1, -0.05) is 36.6 Å². The second-order valence-corrected chi connectivity index (χ2v) is 13.5. The molecule has 0 radical (unpaired) electrons. The average molecular weight is 524 g/mol. The molecule has 0 bridgehead atoms. The third-order valence-corrected chi connectivity index (χ3v) is 11.9. The zero-order chi connectivity index (χ0) is 27.3. The van der Waals surface area contributed by atoms with Crippen LogP contribution in [0.5, 0.6) is 0 Å². The number of allylic oxidation sites excluding steroid dienone is 1. The van der Waals surface area contributed by atoms with Crippen LogP contribution >= 0.6 is 0 Å². The SMILES string of the molecule is C#CCO/N=C1/C=C[C@]2(C)[C@H]3CC[C@]4(C)[C@@H]([C@@](C)(O)[C@H]5CC(C)=C(C)C(=O)O5)CC[C@H]4[C@@H]3[C@@H]3O[C@@H]3[C@@]2(O)C1. The summed E-state index contributed by atoms with van der Waals surface area (Å²) in [6, 6.07) is 0. The van der Waals surface area contributed by atoms with Crippen molar-refractivity contribution < 1.29 is 29.3 Å². The summed E-state index contributed by atoms with van der Waals surface area (Å²) in [7, 11) is 0. The zero-order valence-corrected chi connectivity index (χ0v) is 23.2. The highest BCUT2D eigenvalue weighted by atomic mass is 16.6. The second kappa shape index (κ2) is 8.43. The van der Waals surface area contributed by atoms with E-state index in [1.54, 1.807) is 6.92 Å². The molecule has 4 fully saturated rings. The van der Waals surface area contributed by atoms with Crippen LogP contribution in [0.15, 0.2) is 28.5 Å². The van der Waals surface area contributed by atoms with Gasteiger partial charge in [-0.2, -0.15) is 0 Å². The van der Waals surface area contributed by atoms with E-state index >= 15 is 0 Å². The number of oxime groups is 1. The van der Waals surface area contributed by atoms with E-state index in [4.69, 9.17) is 20.7 Å². The highest BCUT2D eigenvalue weighted by Crippen LogP contribution is 2.72. The maximum Gasteiger partial charge on any atom is 0.334 e. The Morgan fingerprint density at radius 3 is 2.74 bits per heavy atom. The largest absolute Gasteiger partial charge is 0.456 e. The molecule has 2 heterocycles. The summed E-state index contributed by atoms with van der Waals surface area (Å²) in [5.74, 6) is 3.07. The van der Waals surface area contributed by atoms with E-state index in [9.17, 15) is 15.0 Å². The molecule has 4 aliphatic carbocycles. The number of hydrogen-bond acceptors (Lipinski definition) is 7. The first kappa shape index (κ1) is 26.1. The van der Waals surface area contributed by atoms with Gasteiger partial charge in [0.1, 0.15) is 23.4 Å². The van der Waals surface area contributed by atoms with Crippen molar-refractivity contribution in [2.24, 2.45) is 39.7 Å². The van der Waals surface area contributed by atoms with Gasteiger partial charge < -0.3 is 24.5 Å². The predicted molar refractivity (Wildman–Crippen MR) is 142 cm³/mol. The smallest absolute Gasteiger partial charge is 0.334 e. The number of carbonyl (C=O) groups excluding carboxylic acids is 1. The number of cyclic esters (lactones) is 1. The topological polar surface area (TPSA) is 101 Å². The van der Waals surface area contributed by atoms with Gasteiger partial charge in [-0.3, -0.25) is 0 Å². The molecule has 38 heavy (non-hydrogen) atoms. The Morgan fingerprint density at radius 1 is 1.26 bits per heavy atom. The van der Waals surface area contributed by atoms with Crippen LogP contribution in [0.1, 0.15) is 73.1 Å². The van der Waals surface area contributed by atoms with Crippen LogP contribution in [0.4, 0.5) is 0 Å². The molecule has 0 spiro atoms.